The first-order valence-electron chi connectivity index (χ1n) is 18.6. The Bertz CT molecular complexity index is 2210. The summed E-state index contributed by atoms with van der Waals surface area (Å²) in [6.45, 7) is 20.6. The summed E-state index contributed by atoms with van der Waals surface area (Å²) >= 11 is 0. The standard InChI is InChI=1S/C45H52N4O/c1-10-33-17-18-46-43(22-33)48-40-14-12-11-13-38(40)39-16-15-36(26-41(39)48)50-37-24-34(28(4)5)23-35(25-37)49-42(19-27(2)3)45(32(9)47-49)44-30(7)20-29(6)21-31(44)8/h11-18,20,22-29,31,44H,10,19,21H2,1-9H3/t29-,31?,44-/m0/s1. The number of aromatic nitrogens is 4. The monoisotopic (exact) mass is 664 g/mol. The minimum Gasteiger partial charge on any atom is -0.457 e. The molecule has 1 unspecified atom stereocenters. The van der Waals surface area contributed by atoms with Crippen LogP contribution >= 0.6 is 0 Å². The van der Waals surface area contributed by atoms with Gasteiger partial charge in [0.15, 0.2) is 0 Å². The molecule has 0 radical (unpaired) electrons. The van der Waals surface area contributed by atoms with Crippen molar-refractivity contribution in [2.45, 2.75) is 93.4 Å². The Labute approximate surface area is 298 Å². The number of pyridine rings is 1. The molecule has 3 aromatic heterocycles. The topological polar surface area (TPSA) is 44.9 Å². The van der Waals surface area contributed by atoms with Crippen molar-refractivity contribution in [2.75, 3.05) is 0 Å². The second-order valence-electron chi connectivity index (χ2n) is 15.5. The lowest BCUT2D eigenvalue weighted by atomic mass is 9.72. The lowest BCUT2D eigenvalue weighted by molar-refractivity contribution is 0.388. The van der Waals surface area contributed by atoms with Crippen LogP contribution in [0.4, 0.5) is 0 Å². The maximum Gasteiger partial charge on any atom is 0.137 e. The molecular weight excluding hydrogens is 613 g/mol. The molecule has 0 N–H and O–H groups in total. The first-order valence-corrected chi connectivity index (χ1v) is 18.6. The summed E-state index contributed by atoms with van der Waals surface area (Å²) in [4.78, 5) is 4.81. The number of rotatable bonds is 9. The highest BCUT2D eigenvalue weighted by molar-refractivity contribution is 6.09. The van der Waals surface area contributed by atoms with E-state index in [1.54, 1.807) is 0 Å². The van der Waals surface area contributed by atoms with Crippen molar-refractivity contribution in [3.8, 4) is 23.0 Å². The molecule has 5 heteroatoms. The Morgan fingerprint density at radius 3 is 2.38 bits per heavy atom. The maximum absolute atomic E-state index is 6.81. The number of allylic oxidation sites excluding steroid dienone is 2. The van der Waals surface area contributed by atoms with E-state index in [1.165, 1.54) is 45.2 Å². The molecular formula is C45H52N4O. The lowest BCUT2D eigenvalue weighted by Crippen LogP contribution is -2.21. The largest absolute Gasteiger partial charge is 0.457 e. The molecule has 1 aliphatic carbocycles. The summed E-state index contributed by atoms with van der Waals surface area (Å²) in [5.74, 6) is 4.95. The molecule has 5 nitrogen and oxygen atoms in total. The SMILES string of the molecule is CCc1ccnc(-n2c3ccccc3c3ccc(Oc4cc(C(C)C)cc(-n5nc(C)c([C@H]6C(C)=C[C@H](C)CC6C)c5CC(C)C)c4)cc32)c1. The van der Waals surface area contributed by atoms with Crippen molar-refractivity contribution in [3.63, 3.8) is 0 Å². The number of hydrogen-bond acceptors (Lipinski definition) is 3. The zero-order valence-electron chi connectivity index (χ0n) is 31.3. The number of hydrogen-bond donors (Lipinski definition) is 0. The van der Waals surface area contributed by atoms with Gasteiger partial charge in [-0.3, -0.25) is 4.57 Å². The van der Waals surface area contributed by atoms with Crippen molar-refractivity contribution >= 4 is 21.8 Å². The summed E-state index contributed by atoms with van der Waals surface area (Å²) in [6, 6.07) is 26.0. The van der Waals surface area contributed by atoms with E-state index >= 15 is 0 Å². The van der Waals surface area contributed by atoms with Crippen LogP contribution in [0.5, 0.6) is 11.5 Å². The fourth-order valence-electron chi connectivity index (χ4n) is 8.41. The Morgan fingerprint density at radius 1 is 0.860 bits per heavy atom. The number of ether oxygens (including phenoxy) is 1. The second kappa shape index (κ2) is 13.6. The van der Waals surface area contributed by atoms with Gasteiger partial charge < -0.3 is 4.74 Å². The quantitative estimate of drug-likeness (QED) is 0.145. The van der Waals surface area contributed by atoms with E-state index in [1.807, 2.05) is 6.20 Å². The Balaban J connectivity index is 1.34. The third-order valence-electron chi connectivity index (χ3n) is 10.6. The minimum atomic E-state index is 0.328. The second-order valence-corrected chi connectivity index (χ2v) is 15.5. The van der Waals surface area contributed by atoms with Crippen molar-refractivity contribution in [2.24, 2.45) is 17.8 Å². The van der Waals surface area contributed by atoms with Crippen LogP contribution in [0.2, 0.25) is 0 Å². The highest BCUT2D eigenvalue weighted by Gasteiger charge is 2.33. The molecule has 0 aliphatic heterocycles. The van der Waals surface area contributed by atoms with Gasteiger partial charge >= 0.3 is 0 Å². The Hall–Kier alpha value is -4.64. The van der Waals surface area contributed by atoms with Gasteiger partial charge in [0.25, 0.3) is 0 Å². The van der Waals surface area contributed by atoms with Crippen molar-refractivity contribution in [1.82, 2.24) is 19.3 Å². The molecule has 3 atom stereocenters. The number of benzene rings is 3. The van der Waals surface area contributed by atoms with Gasteiger partial charge in [0.05, 0.1) is 22.4 Å². The van der Waals surface area contributed by atoms with Crippen LogP contribution in [0.3, 0.4) is 0 Å². The highest BCUT2D eigenvalue weighted by Crippen LogP contribution is 2.44. The van der Waals surface area contributed by atoms with Gasteiger partial charge in [0.1, 0.15) is 17.3 Å². The number of nitrogens with zero attached hydrogens (tertiary/aromatic N) is 4. The molecule has 3 heterocycles. The summed E-state index contributed by atoms with van der Waals surface area (Å²) < 4.78 is 11.3. The van der Waals surface area contributed by atoms with E-state index < -0.39 is 0 Å². The molecule has 3 aromatic carbocycles. The predicted octanol–water partition coefficient (Wildman–Crippen LogP) is 12.1. The Kier molecular flexibility index (Phi) is 9.19. The van der Waals surface area contributed by atoms with Gasteiger partial charge in [-0.05, 0) is 110 Å². The van der Waals surface area contributed by atoms with Crippen LogP contribution in [0.25, 0.3) is 33.3 Å². The molecule has 0 spiro atoms. The molecule has 0 bridgehead atoms. The Morgan fingerprint density at radius 2 is 1.64 bits per heavy atom. The third kappa shape index (κ3) is 6.27. The lowest BCUT2D eigenvalue weighted by Gasteiger charge is -2.33. The van der Waals surface area contributed by atoms with Crippen LogP contribution < -0.4 is 4.74 Å². The smallest absolute Gasteiger partial charge is 0.137 e. The molecule has 6 aromatic rings. The van der Waals surface area contributed by atoms with E-state index in [-0.39, 0.29) is 0 Å². The average molecular weight is 665 g/mol. The number of para-hydroxylation sites is 1. The molecule has 0 saturated heterocycles. The van der Waals surface area contributed by atoms with Crippen LogP contribution in [0.15, 0.2) is 90.6 Å². The van der Waals surface area contributed by atoms with E-state index in [4.69, 9.17) is 14.8 Å². The average Bonchev–Trinajstić information content (AvgIpc) is 3.57. The first-order chi connectivity index (χ1) is 24.0. The predicted molar refractivity (Wildman–Crippen MR) is 208 cm³/mol. The van der Waals surface area contributed by atoms with Gasteiger partial charge in [0, 0.05) is 46.3 Å². The summed E-state index contributed by atoms with van der Waals surface area (Å²) in [5.41, 5.74) is 11.1. The van der Waals surface area contributed by atoms with Gasteiger partial charge in [-0.25, -0.2) is 9.67 Å². The minimum absolute atomic E-state index is 0.328. The van der Waals surface area contributed by atoms with E-state index in [0.29, 0.717) is 29.6 Å². The molecule has 0 saturated carbocycles. The summed E-state index contributed by atoms with van der Waals surface area (Å²) in [5, 5.41) is 7.68. The van der Waals surface area contributed by atoms with Gasteiger partial charge in [-0.1, -0.05) is 78.3 Å². The van der Waals surface area contributed by atoms with Crippen LogP contribution in [0, 0.1) is 24.7 Å². The number of fused-ring (bicyclic) bond motifs is 3. The normalized spacial score (nSPS) is 18.1. The van der Waals surface area contributed by atoms with Gasteiger partial charge in [-0.2, -0.15) is 5.10 Å². The van der Waals surface area contributed by atoms with Gasteiger partial charge in [0.2, 0.25) is 0 Å². The van der Waals surface area contributed by atoms with Crippen molar-refractivity contribution < 1.29 is 4.74 Å². The van der Waals surface area contributed by atoms with E-state index in [2.05, 4.69) is 150 Å². The fourth-order valence-corrected chi connectivity index (χ4v) is 8.41. The molecule has 0 fully saturated rings. The molecule has 1 aliphatic rings. The number of aryl methyl sites for hydroxylation is 2. The fraction of sp³-hybridized carbons (Fsp3) is 0.378. The van der Waals surface area contributed by atoms with Crippen LogP contribution in [-0.2, 0) is 12.8 Å². The highest BCUT2D eigenvalue weighted by atomic mass is 16.5. The molecule has 258 valence electrons. The molecule has 0 amide bonds. The zero-order chi connectivity index (χ0) is 35.3. The van der Waals surface area contributed by atoms with E-state index in [0.717, 1.165) is 52.6 Å². The third-order valence-corrected chi connectivity index (χ3v) is 10.6. The van der Waals surface area contributed by atoms with Crippen molar-refractivity contribution in [1.29, 1.82) is 0 Å². The van der Waals surface area contributed by atoms with Crippen molar-refractivity contribution in [3.05, 3.63) is 119 Å². The summed E-state index contributed by atoms with van der Waals surface area (Å²) in [6.07, 6.45) is 7.54. The van der Waals surface area contributed by atoms with E-state index in [9.17, 15) is 0 Å². The first kappa shape index (κ1) is 33.8. The van der Waals surface area contributed by atoms with Crippen LogP contribution in [-0.4, -0.2) is 19.3 Å². The zero-order valence-corrected chi connectivity index (χ0v) is 31.3. The van der Waals surface area contributed by atoms with Gasteiger partial charge in [-0.15, -0.1) is 0 Å². The summed E-state index contributed by atoms with van der Waals surface area (Å²) in [7, 11) is 0. The molecule has 50 heavy (non-hydrogen) atoms. The maximum atomic E-state index is 6.81. The van der Waals surface area contributed by atoms with Crippen LogP contribution in [0.1, 0.15) is 102 Å². The molecule has 7 rings (SSSR count).